The number of pyridine rings is 3. The molecule has 3 aromatic heterocycles. The third-order valence-corrected chi connectivity index (χ3v) is 4.05. The van der Waals surface area contributed by atoms with Crippen molar-refractivity contribution in [1.29, 1.82) is 0 Å². The minimum atomic E-state index is -1.50. The van der Waals surface area contributed by atoms with Gasteiger partial charge >= 0.3 is 35.8 Å². The number of carbonyl (C=O) groups excluding carboxylic acids is 4. The number of carbonyl (C=O) groups is 6. The van der Waals surface area contributed by atoms with Crippen LogP contribution in [0.4, 0.5) is 0 Å². The first-order valence-electron chi connectivity index (χ1n) is 9.05. The van der Waals surface area contributed by atoms with Gasteiger partial charge in [-0.3, -0.25) is 0 Å². The molecular weight excluding hydrogens is 454 g/mol. The lowest BCUT2D eigenvalue weighted by atomic mass is 10.2. The molecule has 0 aliphatic heterocycles. The Labute approximate surface area is 188 Å². The largest absolute Gasteiger partial charge is 0.478 e. The molecule has 0 atom stereocenters. The molecule has 0 saturated carbocycles. The van der Waals surface area contributed by atoms with Crippen molar-refractivity contribution in [2.75, 3.05) is 0 Å². The number of nitrogens with zero attached hydrogens (tertiary/aromatic N) is 3. The van der Waals surface area contributed by atoms with Gasteiger partial charge in [-0.2, -0.15) is 0 Å². The normalized spacial score (nSPS) is 10.1. The minimum Gasteiger partial charge on any atom is -0.478 e. The molecule has 0 aliphatic rings. The van der Waals surface area contributed by atoms with E-state index in [1.54, 1.807) is 0 Å². The third kappa shape index (κ3) is 4.94. The van der Waals surface area contributed by atoms with E-state index in [0.717, 1.165) is 36.8 Å². The first-order chi connectivity index (χ1) is 16.2. The summed E-state index contributed by atoms with van der Waals surface area (Å²) in [5, 5.41) is 18.3. The number of rotatable bonds is 6. The molecule has 0 bridgehead atoms. The van der Waals surface area contributed by atoms with Crippen LogP contribution in [0.3, 0.4) is 0 Å². The Bertz CT molecular complexity index is 1250. The Balaban J connectivity index is 1.83. The van der Waals surface area contributed by atoms with Crippen molar-refractivity contribution in [3.63, 3.8) is 0 Å². The second-order valence-electron chi connectivity index (χ2n) is 6.16. The van der Waals surface area contributed by atoms with Gasteiger partial charge in [0.05, 0.1) is 16.7 Å². The van der Waals surface area contributed by atoms with E-state index in [0.29, 0.717) is 0 Å². The number of aromatic carboxylic acids is 2. The Morgan fingerprint density at radius 3 is 1.24 bits per heavy atom. The fraction of sp³-hybridized carbons (Fsp3) is 0. The van der Waals surface area contributed by atoms with E-state index >= 15 is 0 Å². The third-order valence-electron chi connectivity index (χ3n) is 4.05. The summed E-state index contributed by atoms with van der Waals surface area (Å²) in [6.07, 6.45) is 3.28. The summed E-state index contributed by atoms with van der Waals surface area (Å²) in [7, 11) is 0. The van der Waals surface area contributed by atoms with Crippen molar-refractivity contribution in [3.8, 4) is 0 Å². The number of esters is 4. The number of hydrogen-bond acceptors (Lipinski definition) is 11. The molecule has 2 N–H and O–H groups in total. The highest BCUT2D eigenvalue weighted by atomic mass is 16.6. The number of hydrogen-bond donors (Lipinski definition) is 2. The zero-order valence-electron chi connectivity index (χ0n) is 16.7. The van der Waals surface area contributed by atoms with Crippen molar-refractivity contribution in [3.05, 3.63) is 88.8 Å². The van der Waals surface area contributed by atoms with E-state index in [1.807, 2.05) is 0 Å². The fourth-order valence-corrected chi connectivity index (χ4v) is 2.58. The maximum absolute atomic E-state index is 12.5. The summed E-state index contributed by atoms with van der Waals surface area (Å²) < 4.78 is 9.21. The summed E-state index contributed by atoms with van der Waals surface area (Å²) in [6, 6.07) is 6.88. The number of ether oxygens (including phenoxy) is 2. The highest BCUT2D eigenvalue weighted by Gasteiger charge is 2.29. The summed E-state index contributed by atoms with van der Waals surface area (Å²) in [4.78, 5) is 82.8. The predicted octanol–water partition coefficient (Wildman–Crippen LogP) is 1.26. The molecule has 0 saturated heterocycles. The molecule has 3 aromatic rings. The molecule has 3 rings (SSSR count). The zero-order chi connectivity index (χ0) is 24.8. The van der Waals surface area contributed by atoms with Crippen LogP contribution in [0.5, 0.6) is 0 Å². The van der Waals surface area contributed by atoms with Crippen LogP contribution < -0.4 is 0 Å². The van der Waals surface area contributed by atoms with Gasteiger partial charge in [0.25, 0.3) is 0 Å². The quantitative estimate of drug-likeness (QED) is 0.390. The van der Waals surface area contributed by atoms with E-state index in [4.69, 9.17) is 10.2 Å². The average molecular weight is 465 g/mol. The summed E-state index contributed by atoms with van der Waals surface area (Å²) in [6.45, 7) is 0. The Morgan fingerprint density at radius 1 is 0.529 bits per heavy atom. The first kappa shape index (κ1) is 23.3. The molecular formula is C21H11N3O10. The molecule has 0 spiro atoms. The Kier molecular flexibility index (Phi) is 6.77. The van der Waals surface area contributed by atoms with Crippen LogP contribution in [-0.4, -0.2) is 61.0 Å². The van der Waals surface area contributed by atoms with Crippen LogP contribution in [0.25, 0.3) is 0 Å². The first-order valence-corrected chi connectivity index (χ1v) is 9.05. The molecule has 13 nitrogen and oxygen atoms in total. The van der Waals surface area contributed by atoms with Crippen molar-refractivity contribution < 1.29 is 48.5 Å². The van der Waals surface area contributed by atoms with Gasteiger partial charge in [0, 0.05) is 18.6 Å². The number of carboxylic acid groups (broad SMARTS) is 2. The lowest BCUT2D eigenvalue weighted by Gasteiger charge is -2.08. The lowest BCUT2D eigenvalue weighted by molar-refractivity contribution is 0.0346. The van der Waals surface area contributed by atoms with E-state index in [-0.39, 0.29) is 0 Å². The molecule has 34 heavy (non-hydrogen) atoms. The van der Waals surface area contributed by atoms with E-state index < -0.39 is 69.6 Å². The second kappa shape index (κ2) is 9.86. The van der Waals surface area contributed by atoms with Gasteiger partial charge < -0.3 is 19.7 Å². The van der Waals surface area contributed by atoms with E-state index in [9.17, 15) is 28.8 Å². The van der Waals surface area contributed by atoms with E-state index in [1.165, 1.54) is 18.2 Å². The SMILES string of the molecule is O=C(O)c1cccnc1C(=O)OC(=O)c1cccnc1C(=O)OC(=O)c1ncccc1C(=O)O. The number of carboxylic acids is 2. The molecule has 0 radical (unpaired) electrons. The topological polar surface area (TPSA) is 200 Å². The fourth-order valence-electron chi connectivity index (χ4n) is 2.58. The van der Waals surface area contributed by atoms with Crippen LogP contribution >= 0.6 is 0 Å². The molecule has 13 heteroatoms. The van der Waals surface area contributed by atoms with E-state index in [2.05, 4.69) is 24.4 Å². The van der Waals surface area contributed by atoms with Gasteiger partial charge in [-0.1, -0.05) is 0 Å². The van der Waals surface area contributed by atoms with Crippen LogP contribution in [0.2, 0.25) is 0 Å². The molecule has 0 amide bonds. The van der Waals surface area contributed by atoms with Crippen molar-refractivity contribution >= 4 is 35.8 Å². The van der Waals surface area contributed by atoms with Crippen LogP contribution in [0, 0.1) is 0 Å². The highest BCUT2D eigenvalue weighted by molar-refractivity contribution is 6.11. The standard InChI is InChI=1S/C21H11N3O10/c25-16(26)10-4-1-7-22-13(10)19(30)33-18(29)12-6-3-9-24-15(12)21(32)34-20(31)14-11(17(27)28)5-2-8-23-14/h1-9H,(H,25,26)(H,27,28). The number of aromatic nitrogens is 3. The lowest BCUT2D eigenvalue weighted by Crippen LogP contribution is -2.22. The van der Waals surface area contributed by atoms with Crippen LogP contribution in [0.15, 0.2) is 55.0 Å². The molecule has 3 heterocycles. The highest BCUT2D eigenvalue weighted by Crippen LogP contribution is 2.14. The monoisotopic (exact) mass is 465 g/mol. The molecule has 0 fully saturated rings. The molecule has 170 valence electrons. The second-order valence-corrected chi connectivity index (χ2v) is 6.16. The van der Waals surface area contributed by atoms with Crippen molar-refractivity contribution in [2.45, 2.75) is 0 Å². The smallest absolute Gasteiger partial charge is 0.365 e. The van der Waals surface area contributed by atoms with Gasteiger partial charge in [0.1, 0.15) is 0 Å². The van der Waals surface area contributed by atoms with Crippen molar-refractivity contribution in [2.24, 2.45) is 0 Å². The van der Waals surface area contributed by atoms with Gasteiger partial charge in [-0.15, -0.1) is 0 Å². The maximum atomic E-state index is 12.5. The van der Waals surface area contributed by atoms with Crippen molar-refractivity contribution in [1.82, 2.24) is 15.0 Å². The average Bonchev–Trinajstić information content (AvgIpc) is 2.83. The zero-order valence-corrected chi connectivity index (χ0v) is 16.7. The molecule has 0 aromatic carbocycles. The predicted molar refractivity (Wildman–Crippen MR) is 106 cm³/mol. The molecule has 0 aliphatic carbocycles. The summed E-state index contributed by atoms with van der Waals surface area (Å²) >= 11 is 0. The van der Waals surface area contributed by atoms with Crippen LogP contribution in [0.1, 0.15) is 62.5 Å². The van der Waals surface area contributed by atoms with Gasteiger partial charge in [0.2, 0.25) is 0 Å². The molecule has 0 unspecified atom stereocenters. The Hall–Kier alpha value is -5.33. The Morgan fingerprint density at radius 2 is 0.853 bits per heavy atom. The summed E-state index contributed by atoms with van der Waals surface area (Å²) in [5.74, 6) is -8.71. The summed E-state index contributed by atoms with van der Waals surface area (Å²) in [5.41, 5.74) is -3.72. The van der Waals surface area contributed by atoms with Gasteiger partial charge in [-0.05, 0) is 36.4 Å². The maximum Gasteiger partial charge on any atom is 0.365 e. The van der Waals surface area contributed by atoms with Gasteiger partial charge in [0.15, 0.2) is 17.1 Å². The van der Waals surface area contributed by atoms with Gasteiger partial charge in [-0.25, -0.2) is 43.7 Å². The minimum absolute atomic E-state index is 0.527. The van der Waals surface area contributed by atoms with Crippen LogP contribution in [-0.2, 0) is 9.47 Å².